The summed E-state index contributed by atoms with van der Waals surface area (Å²) in [6.07, 6.45) is 0. The molecule has 0 spiro atoms. The van der Waals surface area contributed by atoms with E-state index in [-0.39, 0.29) is 11.3 Å². The highest BCUT2D eigenvalue weighted by atomic mass is 16.5. The molecule has 0 bridgehead atoms. The molecule has 0 saturated carbocycles. The van der Waals surface area contributed by atoms with E-state index in [4.69, 9.17) is 9.84 Å². The van der Waals surface area contributed by atoms with Crippen LogP contribution >= 0.6 is 0 Å². The summed E-state index contributed by atoms with van der Waals surface area (Å²) in [5, 5.41) is 13.3. The fraction of sp³-hybridized carbons (Fsp3) is 0.429. The first-order valence-electron chi connectivity index (χ1n) is 9.78. The minimum absolute atomic E-state index is 0.0459. The molecule has 152 valence electrons. The van der Waals surface area contributed by atoms with Gasteiger partial charge in [-0.3, -0.25) is 4.79 Å². The van der Waals surface area contributed by atoms with E-state index in [9.17, 15) is 4.79 Å². The molecule has 1 aliphatic heterocycles. The van der Waals surface area contributed by atoms with Crippen molar-refractivity contribution in [3.8, 4) is 5.75 Å². The number of benzene rings is 1. The summed E-state index contributed by atoms with van der Waals surface area (Å²) < 4.78 is 6.99. The van der Waals surface area contributed by atoms with Gasteiger partial charge in [-0.2, -0.15) is 4.52 Å². The minimum Gasteiger partial charge on any atom is -0.497 e. The average Bonchev–Trinajstić information content (AvgIpc) is 3.17. The zero-order valence-corrected chi connectivity index (χ0v) is 17.3. The Labute approximate surface area is 170 Å². The highest BCUT2D eigenvalue weighted by Crippen LogP contribution is 2.22. The van der Waals surface area contributed by atoms with E-state index >= 15 is 0 Å². The summed E-state index contributed by atoms with van der Waals surface area (Å²) in [4.78, 5) is 16.9. The number of nitrogens with zero attached hydrogens (tertiary/aromatic N) is 6. The third-order valence-electron chi connectivity index (χ3n) is 5.15. The number of methoxy groups -OCH3 is 1. The van der Waals surface area contributed by atoms with Gasteiger partial charge in [-0.15, -0.1) is 15.3 Å². The number of piperazine rings is 1. The Morgan fingerprint density at radius 3 is 2.28 bits per heavy atom. The molecule has 0 unspecified atom stereocenters. The number of carbonyl (C=O) groups excluding carboxylic acids is 1. The number of anilines is 1. The highest BCUT2D eigenvalue weighted by Gasteiger charge is 2.25. The zero-order valence-electron chi connectivity index (χ0n) is 17.3. The topological polar surface area (TPSA) is 75.9 Å². The van der Waals surface area contributed by atoms with Crippen molar-refractivity contribution >= 4 is 17.4 Å². The number of hydrogen-bond acceptors (Lipinski definition) is 6. The van der Waals surface area contributed by atoms with E-state index in [1.807, 2.05) is 45.8 Å². The lowest BCUT2D eigenvalue weighted by Crippen LogP contribution is -2.49. The first kappa shape index (κ1) is 19.2. The largest absolute Gasteiger partial charge is 0.497 e. The van der Waals surface area contributed by atoms with Crippen molar-refractivity contribution in [3.05, 3.63) is 47.8 Å². The number of ether oxygens (including phenoxy) is 1. The van der Waals surface area contributed by atoms with Crippen molar-refractivity contribution < 1.29 is 9.53 Å². The van der Waals surface area contributed by atoms with Crippen molar-refractivity contribution in [3.63, 3.8) is 0 Å². The van der Waals surface area contributed by atoms with E-state index < -0.39 is 0 Å². The van der Waals surface area contributed by atoms with Gasteiger partial charge in [-0.25, -0.2) is 0 Å². The number of rotatable bonds is 3. The van der Waals surface area contributed by atoms with Crippen LogP contribution in [0.5, 0.6) is 5.75 Å². The van der Waals surface area contributed by atoms with Gasteiger partial charge in [0.25, 0.3) is 5.91 Å². The Kier molecular flexibility index (Phi) is 4.86. The predicted octanol–water partition coefficient (Wildman–Crippen LogP) is 2.39. The van der Waals surface area contributed by atoms with Gasteiger partial charge >= 0.3 is 0 Å². The second kappa shape index (κ2) is 7.35. The van der Waals surface area contributed by atoms with E-state index in [0.717, 1.165) is 36.1 Å². The molecule has 4 rings (SSSR count). The molecule has 1 aromatic carbocycles. The van der Waals surface area contributed by atoms with Crippen LogP contribution in [0.4, 0.5) is 5.82 Å². The summed E-state index contributed by atoms with van der Waals surface area (Å²) in [6.45, 7) is 9.06. The zero-order chi connectivity index (χ0) is 20.6. The van der Waals surface area contributed by atoms with Crippen molar-refractivity contribution in [2.24, 2.45) is 0 Å². The average molecular weight is 394 g/mol. The van der Waals surface area contributed by atoms with Crippen LogP contribution in [0, 0.1) is 0 Å². The quantitative estimate of drug-likeness (QED) is 0.679. The lowest BCUT2D eigenvalue weighted by Gasteiger charge is -2.35. The molecular weight excluding hydrogens is 368 g/mol. The summed E-state index contributed by atoms with van der Waals surface area (Å²) in [5.41, 5.74) is 1.28. The second-order valence-electron chi connectivity index (χ2n) is 8.24. The molecule has 1 amide bonds. The van der Waals surface area contributed by atoms with Crippen LogP contribution in [0.3, 0.4) is 0 Å². The Bertz CT molecular complexity index is 1010. The van der Waals surface area contributed by atoms with Crippen LogP contribution in [0.1, 0.15) is 37.0 Å². The van der Waals surface area contributed by atoms with Gasteiger partial charge in [0.1, 0.15) is 11.6 Å². The third-order valence-corrected chi connectivity index (χ3v) is 5.15. The lowest BCUT2D eigenvalue weighted by atomic mass is 9.96. The molecule has 0 aliphatic carbocycles. The molecule has 3 aromatic rings. The van der Waals surface area contributed by atoms with Gasteiger partial charge in [0.05, 0.1) is 7.11 Å². The summed E-state index contributed by atoms with van der Waals surface area (Å²) in [7, 11) is 1.62. The van der Waals surface area contributed by atoms with E-state index in [1.54, 1.807) is 7.11 Å². The third kappa shape index (κ3) is 3.74. The van der Waals surface area contributed by atoms with E-state index in [2.05, 4.69) is 35.9 Å². The fourth-order valence-electron chi connectivity index (χ4n) is 3.47. The first-order chi connectivity index (χ1) is 13.9. The molecule has 8 nitrogen and oxygen atoms in total. The van der Waals surface area contributed by atoms with Crippen LogP contribution in [0.2, 0.25) is 0 Å². The van der Waals surface area contributed by atoms with Gasteiger partial charge in [-0.05, 0) is 36.4 Å². The SMILES string of the molecule is COc1ccc(C(=O)N2CCN(c3ccc4nnc(C(C)(C)C)n4n3)CC2)cc1. The van der Waals surface area contributed by atoms with E-state index in [1.165, 1.54) is 0 Å². The number of hydrogen-bond donors (Lipinski definition) is 0. The van der Waals surface area contributed by atoms with Gasteiger partial charge in [0.2, 0.25) is 0 Å². The Balaban J connectivity index is 1.47. The molecule has 1 saturated heterocycles. The van der Waals surface area contributed by atoms with E-state index in [0.29, 0.717) is 18.7 Å². The summed E-state index contributed by atoms with van der Waals surface area (Å²) in [6, 6.07) is 11.2. The molecule has 0 atom stereocenters. The van der Waals surface area contributed by atoms with Gasteiger partial charge in [0.15, 0.2) is 11.5 Å². The molecule has 8 heteroatoms. The van der Waals surface area contributed by atoms with Crippen LogP contribution < -0.4 is 9.64 Å². The molecule has 0 radical (unpaired) electrons. The summed E-state index contributed by atoms with van der Waals surface area (Å²) >= 11 is 0. The van der Waals surface area contributed by atoms with Gasteiger partial charge < -0.3 is 14.5 Å². The normalized spacial score (nSPS) is 15.0. The maximum Gasteiger partial charge on any atom is 0.253 e. The van der Waals surface area contributed by atoms with Crippen molar-refractivity contribution in [1.82, 2.24) is 24.7 Å². The minimum atomic E-state index is -0.144. The molecule has 2 aromatic heterocycles. The number of carbonyl (C=O) groups is 1. The van der Waals surface area contributed by atoms with Crippen LogP contribution in [0.25, 0.3) is 5.65 Å². The number of fused-ring (bicyclic) bond motifs is 1. The number of aromatic nitrogens is 4. The second-order valence-corrected chi connectivity index (χ2v) is 8.24. The Morgan fingerprint density at radius 1 is 0.966 bits per heavy atom. The van der Waals surface area contributed by atoms with Gasteiger partial charge in [0, 0.05) is 37.2 Å². The Morgan fingerprint density at radius 2 is 1.66 bits per heavy atom. The maximum absolute atomic E-state index is 12.8. The highest BCUT2D eigenvalue weighted by molar-refractivity contribution is 5.94. The van der Waals surface area contributed by atoms with Gasteiger partial charge in [-0.1, -0.05) is 20.8 Å². The standard InChI is InChI=1S/C21H26N6O2/c1-21(2,3)20-23-22-17-9-10-18(24-27(17)20)25-11-13-26(14-12-25)19(28)15-5-7-16(29-4)8-6-15/h5-10H,11-14H2,1-4H3. The molecule has 1 fully saturated rings. The van der Waals surface area contributed by atoms with Crippen molar-refractivity contribution in [1.29, 1.82) is 0 Å². The molecule has 29 heavy (non-hydrogen) atoms. The van der Waals surface area contributed by atoms with Crippen molar-refractivity contribution in [2.75, 3.05) is 38.2 Å². The number of amides is 1. The molecular formula is C21H26N6O2. The summed E-state index contributed by atoms with van der Waals surface area (Å²) in [5.74, 6) is 2.50. The molecule has 0 N–H and O–H groups in total. The Hall–Kier alpha value is -3.16. The monoisotopic (exact) mass is 394 g/mol. The van der Waals surface area contributed by atoms with Crippen molar-refractivity contribution in [2.45, 2.75) is 26.2 Å². The smallest absolute Gasteiger partial charge is 0.253 e. The van der Waals surface area contributed by atoms with Crippen LogP contribution in [0.15, 0.2) is 36.4 Å². The lowest BCUT2D eigenvalue weighted by molar-refractivity contribution is 0.0746. The fourth-order valence-corrected chi connectivity index (χ4v) is 3.47. The maximum atomic E-state index is 12.8. The molecule has 3 heterocycles. The predicted molar refractivity (Wildman–Crippen MR) is 111 cm³/mol. The van der Waals surface area contributed by atoms with Crippen LogP contribution in [-0.2, 0) is 5.41 Å². The molecule has 1 aliphatic rings. The first-order valence-corrected chi connectivity index (χ1v) is 9.78. The van der Waals surface area contributed by atoms with Crippen LogP contribution in [-0.4, -0.2) is 63.9 Å².